The number of amides is 1. The molecule has 0 aliphatic carbocycles. The molecule has 6 nitrogen and oxygen atoms in total. The molecule has 1 amide bonds. The smallest absolute Gasteiger partial charge is 0.422 e. The van der Waals surface area contributed by atoms with Crippen molar-refractivity contribution in [3.8, 4) is 5.75 Å². The van der Waals surface area contributed by atoms with Gasteiger partial charge in [-0.05, 0) is 24.3 Å². The minimum atomic E-state index is -4.40. The van der Waals surface area contributed by atoms with Gasteiger partial charge in [-0.25, -0.2) is 0 Å². The topological polar surface area (TPSA) is 93.0 Å². The van der Waals surface area contributed by atoms with Crippen LogP contribution < -0.4 is 15.8 Å². The molecule has 0 unspecified atom stereocenters. The van der Waals surface area contributed by atoms with Gasteiger partial charge < -0.3 is 15.8 Å². The number of hydrogen-bond donors (Lipinski definition) is 3. The molecule has 2 aromatic rings. The minimum absolute atomic E-state index is 0.0520. The Morgan fingerprint density at radius 3 is 2.52 bits per heavy atom. The van der Waals surface area contributed by atoms with Gasteiger partial charge >= 0.3 is 6.18 Å². The molecule has 9 heteroatoms. The molecule has 0 spiro atoms. The van der Waals surface area contributed by atoms with E-state index in [1.165, 1.54) is 30.3 Å². The van der Waals surface area contributed by atoms with Gasteiger partial charge in [0, 0.05) is 11.8 Å². The van der Waals surface area contributed by atoms with Crippen LogP contribution in [0.3, 0.4) is 0 Å². The number of rotatable bonds is 4. The largest absolute Gasteiger partial charge is 0.484 e. The van der Waals surface area contributed by atoms with E-state index in [-0.39, 0.29) is 17.3 Å². The van der Waals surface area contributed by atoms with Gasteiger partial charge in [-0.2, -0.15) is 18.3 Å². The van der Waals surface area contributed by atoms with E-state index in [9.17, 15) is 18.0 Å². The van der Waals surface area contributed by atoms with Crippen LogP contribution in [0.5, 0.6) is 5.75 Å². The number of benzene rings is 1. The summed E-state index contributed by atoms with van der Waals surface area (Å²) in [6.07, 6.45) is -4.40. The average molecular weight is 300 g/mol. The quantitative estimate of drug-likeness (QED) is 0.807. The van der Waals surface area contributed by atoms with E-state index >= 15 is 0 Å². The molecule has 1 aromatic carbocycles. The summed E-state index contributed by atoms with van der Waals surface area (Å²) in [6.45, 7) is -1.37. The zero-order valence-electron chi connectivity index (χ0n) is 10.6. The normalized spacial score (nSPS) is 11.2. The molecule has 0 saturated heterocycles. The van der Waals surface area contributed by atoms with Crippen molar-refractivity contribution in [3.05, 3.63) is 36.0 Å². The highest BCUT2D eigenvalue weighted by Crippen LogP contribution is 2.20. The first kappa shape index (κ1) is 14.7. The molecular weight excluding hydrogens is 289 g/mol. The molecule has 1 heterocycles. The van der Waals surface area contributed by atoms with Crippen LogP contribution in [-0.4, -0.2) is 28.9 Å². The Balaban J connectivity index is 1.94. The van der Waals surface area contributed by atoms with E-state index in [4.69, 9.17) is 5.73 Å². The molecule has 2 rings (SSSR count). The highest BCUT2D eigenvalue weighted by molar-refractivity contribution is 6.03. The van der Waals surface area contributed by atoms with Gasteiger partial charge in [0.2, 0.25) is 0 Å². The van der Waals surface area contributed by atoms with Crippen molar-refractivity contribution >= 4 is 17.4 Å². The number of alkyl halides is 3. The van der Waals surface area contributed by atoms with Gasteiger partial charge in [-0.1, -0.05) is 0 Å². The zero-order valence-corrected chi connectivity index (χ0v) is 10.6. The van der Waals surface area contributed by atoms with Gasteiger partial charge in [-0.3, -0.25) is 9.89 Å². The summed E-state index contributed by atoms with van der Waals surface area (Å²) in [5.41, 5.74) is 5.93. The molecule has 0 aliphatic rings. The Hall–Kier alpha value is -2.71. The van der Waals surface area contributed by atoms with E-state index < -0.39 is 18.7 Å². The second-order valence-corrected chi connectivity index (χ2v) is 4.09. The number of carbonyl (C=O) groups excluding carboxylic acids is 1. The molecule has 4 N–H and O–H groups in total. The van der Waals surface area contributed by atoms with Crippen LogP contribution in [0.1, 0.15) is 10.5 Å². The summed E-state index contributed by atoms with van der Waals surface area (Å²) in [4.78, 5) is 11.8. The predicted octanol–water partition coefficient (Wildman–Crippen LogP) is 2.19. The highest BCUT2D eigenvalue weighted by atomic mass is 19.4. The number of carbonyl (C=O) groups is 1. The van der Waals surface area contributed by atoms with Crippen LogP contribution in [0.4, 0.5) is 24.7 Å². The predicted molar refractivity (Wildman–Crippen MR) is 68.9 cm³/mol. The molecule has 0 aliphatic heterocycles. The van der Waals surface area contributed by atoms with E-state index in [1.807, 2.05) is 0 Å². The van der Waals surface area contributed by atoms with E-state index in [1.54, 1.807) is 0 Å². The summed E-state index contributed by atoms with van der Waals surface area (Å²) >= 11 is 0. The first-order valence-corrected chi connectivity index (χ1v) is 5.75. The lowest BCUT2D eigenvalue weighted by molar-refractivity contribution is -0.153. The second kappa shape index (κ2) is 5.73. The molecule has 1 aromatic heterocycles. The Kier molecular flexibility index (Phi) is 4.01. The van der Waals surface area contributed by atoms with Crippen LogP contribution in [0.15, 0.2) is 30.3 Å². The molecule has 112 valence electrons. The Morgan fingerprint density at radius 2 is 2.00 bits per heavy atom. The number of H-pyrrole nitrogens is 1. The van der Waals surface area contributed by atoms with Crippen molar-refractivity contribution in [2.24, 2.45) is 0 Å². The van der Waals surface area contributed by atoms with Crippen LogP contribution in [0, 0.1) is 0 Å². The second-order valence-electron chi connectivity index (χ2n) is 4.09. The van der Waals surface area contributed by atoms with Gasteiger partial charge in [-0.15, -0.1) is 0 Å². The van der Waals surface area contributed by atoms with Gasteiger partial charge in [0.15, 0.2) is 6.61 Å². The summed E-state index contributed by atoms with van der Waals surface area (Å²) in [5.74, 6) is -0.240. The summed E-state index contributed by atoms with van der Waals surface area (Å²) < 4.78 is 40.5. The number of aromatic nitrogens is 2. The van der Waals surface area contributed by atoms with Crippen molar-refractivity contribution in [1.29, 1.82) is 0 Å². The third-order valence-corrected chi connectivity index (χ3v) is 2.36. The number of halogens is 3. The molecule has 21 heavy (non-hydrogen) atoms. The monoisotopic (exact) mass is 300 g/mol. The fourth-order valence-corrected chi connectivity index (χ4v) is 1.45. The molecule has 0 atom stereocenters. The third-order valence-electron chi connectivity index (χ3n) is 2.36. The van der Waals surface area contributed by atoms with Crippen molar-refractivity contribution < 1.29 is 22.7 Å². The number of ether oxygens (including phenoxy) is 1. The lowest BCUT2D eigenvalue weighted by atomic mass is 10.3. The maximum absolute atomic E-state index is 12.0. The Labute approximate surface area is 117 Å². The van der Waals surface area contributed by atoms with Crippen LogP contribution in [-0.2, 0) is 0 Å². The van der Waals surface area contributed by atoms with E-state index in [0.29, 0.717) is 5.69 Å². The number of nitrogens with zero attached hydrogens (tertiary/aromatic N) is 1. The average Bonchev–Trinajstić information content (AvgIpc) is 2.84. The van der Waals surface area contributed by atoms with E-state index in [2.05, 4.69) is 20.3 Å². The van der Waals surface area contributed by atoms with E-state index in [0.717, 1.165) is 0 Å². The van der Waals surface area contributed by atoms with Crippen molar-refractivity contribution in [3.63, 3.8) is 0 Å². The van der Waals surface area contributed by atoms with Crippen LogP contribution in [0.25, 0.3) is 0 Å². The summed E-state index contributed by atoms with van der Waals surface area (Å²) in [7, 11) is 0. The summed E-state index contributed by atoms with van der Waals surface area (Å²) in [6, 6.07) is 6.84. The van der Waals surface area contributed by atoms with Gasteiger partial charge in [0.05, 0.1) is 0 Å². The fourth-order valence-electron chi connectivity index (χ4n) is 1.45. The van der Waals surface area contributed by atoms with Crippen molar-refractivity contribution in [1.82, 2.24) is 10.2 Å². The number of nitrogens with one attached hydrogen (secondary N) is 2. The Bertz CT molecular complexity index is 622. The number of anilines is 2. The Morgan fingerprint density at radius 1 is 1.33 bits per heavy atom. The lowest BCUT2D eigenvalue weighted by Gasteiger charge is -2.09. The zero-order chi connectivity index (χ0) is 15.5. The standard InChI is InChI=1S/C12H11F3N4O2/c13-12(14,15)6-21-8-3-1-7(2-4-8)17-11(20)9-5-10(16)19-18-9/h1-5H,6H2,(H,17,20)(H3,16,18,19). The lowest BCUT2D eigenvalue weighted by Crippen LogP contribution is -2.19. The maximum atomic E-state index is 12.0. The first-order chi connectivity index (χ1) is 9.83. The molecule has 0 saturated carbocycles. The number of aromatic amines is 1. The number of nitrogens with two attached hydrogens (primary N) is 1. The maximum Gasteiger partial charge on any atom is 0.422 e. The number of nitrogen functional groups attached to an aromatic ring is 1. The minimum Gasteiger partial charge on any atom is -0.484 e. The molecule has 0 fully saturated rings. The third kappa shape index (κ3) is 4.41. The number of hydrogen-bond acceptors (Lipinski definition) is 4. The highest BCUT2D eigenvalue weighted by Gasteiger charge is 2.28. The van der Waals surface area contributed by atoms with Crippen LogP contribution >= 0.6 is 0 Å². The fraction of sp³-hybridized carbons (Fsp3) is 0.167. The molecular formula is C12H11F3N4O2. The molecule has 0 radical (unpaired) electrons. The first-order valence-electron chi connectivity index (χ1n) is 5.75. The van der Waals surface area contributed by atoms with Crippen LogP contribution in [0.2, 0.25) is 0 Å². The molecule has 0 bridgehead atoms. The summed E-state index contributed by atoms with van der Waals surface area (Å²) in [5, 5.41) is 8.57. The SMILES string of the molecule is Nc1cc(C(=O)Nc2ccc(OCC(F)(F)F)cc2)[nH]n1. The van der Waals surface area contributed by atoms with Crippen molar-refractivity contribution in [2.45, 2.75) is 6.18 Å². The van der Waals surface area contributed by atoms with Gasteiger partial charge in [0.1, 0.15) is 17.3 Å². The van der Waals surface area contributed by atoms with Crippen molar-refractivity contribution in [2.75, 3.05) is 17.7 Å². The van der Waals surface area contributed by atoms with Gasteiger partial charge in [0.25, 0.3) is 5.91 Å².